The van der Waals surface area contributed by atoms with Crippen molar-refractivity contribution in [3.8, 4) is 0 Å². The molecule has 0 fully saturated rings. The number of hydrogen-bond donors (Lipinski definition) is 2. The van der Waals surface area contributed by atoms with Crippen LogP contribution in [0.3, 0.4) is 0 Å². The van der Waals surface area contributed by atoms with Crippen LogP contribution in [0.1, 0.15) is 84.6 Å². The molecule has 2 N–H and O–H groups in total. The molecule has 30 heavy (non-hydrogen) atoms. The zero-order chi connectivity index (χ0) is 22.8. The molecule has 0 spiro atoms. The van der Waals surface area contributed by atoms with E-state index < -0.39 is 11.9 Å². The molecule has 0 amide bonds. The quantitative estimate of drug-likeness (QED) is 0.352. The van der Waals surface area contributed by atoms with Crippen molar-refractivity contribution in [2.45, 2.75) is 91.5 Å². The molecule has 0 saturated carbocycles. The van der Waals surface area contributed by atoms with Gasteiger partial charge < -0.3 is 14.7 Å². The molecule has 1 unspecified atom stereocenters. The number of quaternary nitrogens is 1. The van der Waals surface area contributed by atoms with Gasteiger partial charge in [0, 0.05) is 0 Å². The smallest absolute Gasteiger partial charge is 0.303 e. The zero-order valence-electron chi connectivity index (χ0n) is 19.6. The minimum absolute atomic E-state index is 0.296. The first-order chi connectivity index (χ1) is 14.3. The fourth-order valence-corrected chi connectivity index (χ4v) is 4.48. The van der Waals surface area contributed by atoms with E-state index in [2.05, 4.69) is 58.0 Å². The van der Waals surface area contributed by atoms with Gasteiger partial charge in [0.05, 0.1) is 38.5 Å². The van der Waals surface area contributed by atoms with E-state index in [1.54, 1.807) is 0 Å². The highest BCUT2D eigenvalue weighted by atomic mass is 16.4. The van der Waals surface area contributed by atoms with E-state index in [0.29, 0.717) is 0 Å². The Kier molecular flexibility index (Phi) is 15.8. The van der Waals surface area contributed by atoms with Gasteiger partial charge in [-0.25, -0.2) is 0 Å². The summed E-state index contributed by atoms with van der Waals surface area (Å²) in [6, 6.07) is 11.8. The van der Waals surface area contributed by atoms with Crippen LogP contribution in [0.5, 0.6) is 0 Å². The summed E-state index contributed by atoms with van der Waals surface area (Å²) in [5.41, 5.74) is 1.50. The van der Waals surface area contributed by atoms with Crippen molar-refractivity contribution in [3.05, 3.63) is 35.9 Å². The second-order valence-electron chi connectivity index (χ2n) is 8.12. The van der Waals surface area contributed by atoms with Crippen LogP contribution in [0.15, 0.2) is 30.3 Å². The molecule has 0 saturated heterocycles. The first-order valence-corrected chi connectivity index (χ1v) is 11.7. The van der Waals surface area contributed by atoms with Gasteiger partial charge in [-0.1, -0.05) is 58.0 Å². The lowest BCUT2D eigenvalue weighted by Crippen LogP contribution is -2.56. The molecule has 5 heteroatoms. The van der Waals surface area contributed by atoms with E-state index in [9.17, 15) is 9.59 Å². The largest absolute Gasteiger partial charge is 0.481 e. The number of carbonyl (C=O) groups is 2. The summed E-state index contributed by atoms with van der Waals surface area (Å²) in [6.45, 7) is 13.6. The third-order valence-corrected chi connectivity index (χ3v) is 5.65. The molecule has 0 bridgehead atoms. The fourth-order valence-electron chi connectivity index (χ4n) is 4.48. The lowest BCUT2D eigenvalue weighted by atomic mass is 9.98. The van der Waals surface area contributed by atoms with Crippen molar-refractivity contribution in [3.63, 3.8) is 0 Å². The molecule has 0 heterocycles. The summed E-state index contributed by atoms with van der Waals surface area (Å²) in [5, 5.41) is 15.8. The Morgan fingerprint density at radius 2 is 1.30 bits per heavy atom. The molecule has 1 atom stereocenters. The predicted octanol–water partition coefficient (Wildman–Crippen LogP) is 5.77. The standard InChI is InChI=1S/C21H38N.C4H6O4/c1-5-17-22(18-6-2,19-7-3)21(8-4)16-12-15-20-13-10-9-11-14-20;5-3(6)1-2-4(7)8/h9-11,13-14,21H,5-8,12,15-19H2,1-4H3;1-2H2,(H,5,6)(H,7,8)/q+1;. The molecular weight excluding hydrogens is 378 g/mol. The molecule has 0 aromatic heterocycles. The van der Waals surface area contributed by atoms with E-state index >= 15 is 0 Å². The van der Waals surface area contributed by atoms with Crippen LogP contribution in [-0.2, 0) is 16.0 Å². The number of aliphatic carboxylic acids is 2. The Labute approximate surface area is 183 Å². The highest BCUT2D eigenvalue weighted by Crippen LogP contribution is 2.24. The van der Waals surface area contributed by atoms with Crippen molar-refractivity contribution >= 4 is 11.9 Å². The minimum Gasteiger partial charge on any atom is -0.481 e. The summed E-state index contributed by atoms with van der Waals surface area (Å²) < 4.78 is 1.37. The molecule has 0 aliphatic carbocycles. The number of carboxylic acid groups (broad SMARTS) is 2. The van der Waals surface area contributed by atoms with Gasteiger partial charge >= 0.3 is 11.9 Å². The minimum atomic E-state index is -1.08. The van der Waals surface area contributed by atoms with Crippen LogP contribution in [0.4, 0.5) is 0 Å². The Balaban J connectivity index is 0.000000890. The van der Waals surface area contributed by atoms with Crippen LogP contribution < -0.4 is 0 Å². The molecule has 0 radical (unpaired) electrons. The molecule has 1 rings (SSSR count). The molecule has 5 nitrogen and oxygen atoms in total. The van der Waals surface area contributed by atoms with Gasteiger partial charge in [-0.05, 0) is 50.5 Å². The number of hydrogen-bond acceptors (Lipinski definition) is 2. The van der Waals surface area contributed by atoms with Gasteiger partial charge in [0.15, 0.2) is 0 Å². The van der Waals surface area contributed by atoms with Gasteiger partial charge in [-0.15, -0.1) is 0 Å². The van der Waals surface area contributed by atoms with Gasteiger partial charge in [0.1, 0.15) is 0 Å². The SMILES string of the molecule is CCC[N+](CCC)(CCC)C(CC)CCCc1ccccc1.O=C(O)CCC(=O)O. The van der Waals surface area contributed by atoms with Gasteiger partial charge in [0.25, 0.3) is 0 Å². The van der Waals surface area contributed by atoms with Crippen molar-refractivity contribution < 1.29 is 24.3 Å². The van der Waals surface area contributed by atoms with Gasteiger partial charge in [-0.3, -0.25) is 9.59 Å². The van der Waals surface area contributed by atoms with E-state index in [1.165, 1.54) is 74.6 Å². The van der Waals surface area contributed by atoms with Crippen molar-refractivity contribution in [2.75, 3.05) is 19.6 Å². The summed E-state index contributed by atoms with van der Waals surface area (Å²) in [4.78, 5) is 19.3. The molecule has 1 aromatic rings. The number of nitrogens with zero attached hydrogens (tertiary/aromatic N) is 1. The average Bonchev–Trinajstić information content (AvgIpc) is 2.71. The second-order valence-corrected chi connectivity index (χ2v) is 8.12. The lowest BCUT2D eigenvalue weighted by Gasteiger charge is -2.45. The summed E-state index contributed by atoms with van der Waals surface area (Å²) in [5.74, 6) is -2.15. The Morgan fingerprint density at radius 1 is 0.833 bits per heavy atom. The zero-order valence-corrected chi connectivity index (χ0v) is 19.6. The van der Waals surface area contributed by atoms with E-state index in [1.807, 2.05) is 0 Å². The van der Waals surface area contributed by atoms with Gasteiger partial charge in [0.2, 0.25) is 0 Å². The maximum absolute atomic E-state index is 9.64. The monoisotopic (exact) mass is 422 g/mol. The maximum Gasteiger partial charge on any atom is 0.303 e. The highest BCUT2D eigenvalue weighted by molar-refractivity contribution is 5.75. The summed E-state index contributed by atoms with van der Waals surface area (Å²) >= 11 is 0. The lowest BCUT2D eigenvalue weighted by molar-refractivity contribution is -0.952. The predicted molar refractivity (Wildman–Crippen MR) is 124 cm³/mol. The third-order valence-electron chi connectivity index (χ3n) is 5.65. The first kappa shape index (κ1) is 28.1. The van der Waals surface area contributed by atoms with Crippen LogP contribution >= 0.6 is 0 Å². The highest BCUT2D eigenvalue weighted by Gasteiger charge is 2.33. The van der Waals surface area contributed by atoms with Crippen molar-refractivity contribution in [1.29, 1.82) is 0 Å². The summed E-state index contributed by atoms with van der Waals surface area (Å²) in [7, 11) is 0. The number of aryl methyl sites for hydroxylation is 1. The van der Waals surface area contributed by atoms with Crippen LogP contribution in [-0.4, -0.2) is 52.3 Å². The average molecular weight is 423 g/mol. The third kappa shape index (κ3) is 12.0. The number of carboxylic acids is 2. The summed E-state index contributed by atoms with van der Waals surface area (Å²) in [6.07, 6.45) is 8.63. The number of rotatable bonds is 15. The number of benzene rings is 1. The Hall–Kier alpha value is -1.88. The second kappa shape index (κ2) is 16.9. The Morgan fingerprint density at radius 3 is 1.67 bits per heavy atom. The van der Waals surface area contributed by atoms with Crippen molar-refractivity contribution in [1.82, 2.24) is 0 Å². The molecule has 0 aliphatic heterocycles. The van der Waals surface area contributed by atoms with Gasteiger partial charge in [-0.2, -0.15) is 0 Å². The molecule has 1 aromatic carbocycles. The normalized spacial score (nSPS) is 12.0. The fraction of sp³-hybridized carbons (Fsp3) is 0.680. The van der Waals surface area contributed by atoms with E-state index in [0.717, 1.165) is 6.04 Å². The Bertz CT molecular complexity index is 543. The van der Waals surface area contributed by atoms with Crippen LogP contribution in [0, 0.1) is 0 Å². The van der Waals surface area contributed by atoms with Crippen LogP contribution in [0.25, 0.3) is 0 Å². The first-order valence-electron chi connectivity index (χ1n) is 11.7. The van der Waals surface area contributed by atoms with Crippen molar-refractivity contribution in [2.24, 2.45) is 0 Å². The molecule has 0 aliphatic rings. The van der Waals surface area contributed by atoms with E-state index in [-0.39, 0.29) is 12.8 Å². The van der Waals surface area contributed by atoms with Crippen LogP contribution in [0.2, 0.25) is 0 Å². The maximum atomic E-state index is 9.64. The molecular formula is C25H44NO4+. The molecule has 172 valence electrons. The van der Waals surface area contributed by atoms with E-state index in [4.69, 9.17) is 10.2 Å². The topological polar surface area (TPSA) is 74.6 Å².